The van der Waals surface area contributed by atoms with E-state index in [1.807, 2.05) is 12.1 Å². The van der Waals surface area contributed by atoms with E-state index in [4.69, 9.17) is 5.73 Å². The maximum atomic E-state index is 11.9. The van der Waals surface area contributed by atoms with Crippen LogP contribution in [0.1, 0.15) is 18.4 Å². The van der Waals surface area contributed by atoms with Gasteiger partial charge in [-0.2, -0.15) is 0 Å². The van der Waals surface area contributed by atoms with E-state index in [0.29, 0.717) is 25.9 Å². The number of nitrogens with zero attached hydrogens (tertiary/aromatic N) is 2. The molecule has 2 N–H and O–H groups in total. The van der Waals surface area contributed by atoms with E-state index in [1.165, 1.54) is 4.31 Å². The van der Waals surface area contributed by atoms with Crippen molar-refractivity contribution in [1.82, 2.24) is 9.29 Å². The van der Waals surface area contributed by atoms with E-state index in [2.05, 4.69) is 4.98 Å². The monoisotopic (exact) mass is 271 g/mol. The molecular formula is C12H21N3O2S. The summed E-state index contributed by atoms with van der Waals surface area (Å²) in [6.45, 7) is 1.03. The third kappa shape index (κ3) is 5.12. The Labute approximate surface area is 109 Å². The Hall–Kier alpha value is -0.980. The van der Waals surface area contributed by atoms with Crippen LogP contribution in [0.3, 0.4) is 0 Å². The molecule has 0 atom stereocenters. The summed E-state index contributed by atoms with van der Waals surface area (Å²) in [6.07, 6.45) is 5.50. The lowest BCUT2D eigenvalue weighted by atomic mass is 10.2. The number of sulfonamides is 1. The number of hydrogen-bond donors (Lipinski definition) is 1. The van der Waals surface area contributed by atoms with Gasteiger partial charge in [0, 0.05) is 26.0 Å². The van der Waals surface area contributed by atoms with Crippen LogP contribution >= 0.6 is 0 Å². The van der Waals surface area contributed by atoms with Gasteiger partial charge in [0.15, 0.2) is 0 Å². The van der Waals surface area contributed by atoms with Gasteiger partial charge in [-0.25, -0.2) is 12.7 Å². The van der Waals surface area contributed by atoms with Crippen LogP contribution in [0, 0.1) is 0 Å². The summed E-state index contributed by atoms with van der Waals surface area (Å²) in [5.74, 6) is 0.178. The van der Waals surface area contributed by atoms with Crippen molar-refractivity contribution < 1.29 is 8.42 Å². The predicted molar refractivity (Wildman–Crippen MR) is 72.6 cm³/mol. The first kappa shape index (κ1) is 15.1. The van der Waals surface area contributed by atoms with Crippen molar-refractivity contribution in [3.63, 3.8) is 0 Å². The van der Waals surface area contributed by atoms with Crippen molar-refractivity contribution >= 4 is 10.0 Å². The number of rotatable bonds is 8. The van der Waals surface area contributed by atoms with Crippen LogP contribution in [0.2, 0.25) is 0 Å². The minimum absolute atomic E-state index is 0.178. The van der Waals surface area contributed by atoms with Crippen LogP contribution < -0.4 is 5.73 Å². The van der Waals surface area contributed by atoms with E-state index in [9.17, 15) is 8.42 Å². The number of pyridine rings is 1. The van der Waals surface area contributed by atoms with Crippen LogP contribution in [-0.2, 0) is 16.4 Å². The fourth-order valence-corrected chi connectivity index (χ4v) is 2.81. The third-order valence-electron chi connectivity index (χ3n) is 2.80. The summed E-state index contributed by atoms with van der Waals surface area (Å²) in [6, 6.07) is 3.80. The molecule has 0 saturated heterocycles. The summed E-state index contributed by atoms with van der Waals surface area (Å²) < 4.78 is 25.2. The topological polar surface area (TPSA) is 76.3 Å². The van der Waals surface area contributed by atoms with Crippen molar-refractivity contribution in [3.8, 4) is 0 Å². The maximum Gasteiger partial charge on any atom is 0.213 e. The van der Waals surface area contributed by atoms with Crippen LogP contribution in [0.15, 0.2) is 24.5 Å². The predicted octanol–water partition coefficient (Wildman–Crippen LogP) is 0.625. The highest BCUT2D eigenvalue weighted by Crippen LogP contribution is 2.05. The molecule has 5 nitrogen and oxygen atoms in total. The number of nitrogens with two attached hydrogens (primary N) is 1. The molecule has 0 aliphatic carbocycles. The molecule has 0 fully saturated rings. The minimum atomic E-state index is -3.14. The molecule has 1 rings (SSSR count). The molecule has 0 bridgehead atoms. The van der Waals surface area contributed by atoms with Crippen LogP contribution in [-0.4, -0.2) is 43.6 Å². The Morgan fingerprint density at radius 3 is 2.56 bits per heavy atom. The molecule has 0 amide bonds. The van der Waals surface area contributed by atoms with E-state index in [1.54, 1.807) is 19.4 Å². The molecular weight excluding hydrogens is 250 g/mol. The maximum absolute atomic E-state index is 11.9. The molecule has 0 aliphatic heterocycles. The third-order valence-corrected chi connectivity index (χ3v) is 4.73. The van der Waals surface area contributed by atoms with E-state index in [0.717, 1.165) is 12.0 Å². The lowest BCUT2D eigenvalue weighted by molar-refractivity contribution is 0.470. The fourth-order valence-electron chi connectivity index (χ4n) is 1.56. The normalized spacial score (nSPS) is 11.9. The van der Waals surface area contributed by atoms with Gasteiger partial charge < -0.3 is 5.73 Å². The molecule has 18 heavy (non-hydrogen) atoms. The quantitative estimate of drug-likeness (QED) is 0.703. The van der Waals surface area contributed by atoms with E-state index < -0.39 is 10.0 Å². The highest BCUT2D eigenvalue weighted by Gasteiger charge is 2.16. The van der Waals surface area contributed by atoms with Crippen LogP contribution in [0.4, 0.5) is 0 Å². The van der Waals surface area contributed by atoms with Crippen molar-refractivity contribution in [2.75, 3.05) is 25.9 Å². The Morgan fingerprint density at radius 1 is 1.28 bits per heavy atom. The van der Waals surface area contributed by atoms with Crippen molar-refractivity contribution in [1.29, 1.82) is 0 Å². The molecule has 102 valence electrons. The molecule has 0 unspecified atom stereocenters. The van der Waals surface area contributed by atoms with Gasteiger partial charge in [-0.3, -0.25) is 4.98 Å². The average molecular weight is 271 g/mol. The summed E-state index contributed by atoms with van der Waals surface area (Å²) >= 11 is 0. The lowest BCUT2D eigenvalue weighted by Crippen LogP contribution is -2.31. The van der Waals surface area contributed by atoms with Crippen molar-refractivity contribution in [3.05, 3.63) is 30.1 Å². The summed E-state index contributed by atoms with van der Waals surface area (Å²) in [5, 5.41) is 0. The molecule has 0 radical (unpaired) electrons. The molecule has 1 heterocycles. The Morgan fingerprint density at radius 2 is 1.94 bits per heavy atom. The smallest absolute Gasteiger partial charge is 0.213 e. The first-order valence-corrected chi connectivity index (χ1v) is 7.70. The van der Waals surface area contributed by atoms with Crippen molar-refractivity contribution in [2.24, 2.45) is 5.73 Å². The second-order valence-electron chi connectivity index (χ2n) is 4.24. The number of likely N-dealkylation sites (N-methyl/N-ethyl adjacent to an activating group) is 1. The standard InChI is InChI=1S/C12H21N3O2S/c1-15(18(16,17)11-3-2-7-13)10-6-12-4-8-14-9-5-12/h4-5,8-9H,2-3,6-7,10-11,13H2,1H3. The van der Waals surface area contributed by atoms with Gasteiger partial charge in [0.2, 0.25) is 10.0 Å². The summed E-state index contributed by atoms with van der Waals surface area (Å²) in [4.78, 5) is 3.93. The zero-order valence-corrected chi connectivity index (χ0v) is 11.6. The Balaban J connectivity index is 2.42. The van der Waals surface area contributed by atoms with Gasteiger partial charge in [0.25, 0.3) is 0 Å². The first-order chi connectivity index (χ1) is 8.56. The summed E-state index contributed by atoms with van der Waals surface area (Å²) in [5.41, 5.74) is 6.45. The van der Waals surface area contributed by atoms with Gasteiger partial charge in [-0.15, -0.1) is 0 Å². The Bertz CT molecular complexity index is 434. The second kappa shape index (κ2) is 7.45. The number of aromatic nitrogens is 1. The second-order valence-corrected chi connectivity index (χ2v) is 6.43. The highest BCUT2D eigenvalue weighted by molar-refractivity contribution is 7.89. The van der Waals surface area contributed by atoms with Gasteiger partial charge in [0.05, 0.1) is 5.75 Å². The molecule has 0 aromatic carbocycles. The fraction of sp³-hybridized carbons (Fsp3) is 0.583. The van der Waals surface area contributed by atoms with Gasteiger partial charge in [-0.05, 0) is 43.5 Å². The minimum Gasteiger partial charge on any atom is -0.330 e. The number of hydrogen-bond acceptors (Lipinski definition) is 4. The van der Waals surface area contributed by atoms with Gasteiger partial charge in [-0.1, -0.05) is 0 Å². The van der Waals surface area contributed by atoms with Crippen LogP contribution in [0.25, 0.3) is 0 Å². The molecule has 6 heteroatoms. The van der Waals surface area contributed by atoms with Crippen LogP contribution in [0.5, 0.6) is 0 Å². The number of unbranched alkanes of at least 4 members (excludes halogenated alkanes) is 1. The Kier molecular flexibility index (Phi) is 6.24. The first-order valence-electron chi connectivity index (χ1n) is 6.09. The molecule has 1 aromatic heterocycles. The largest absolute Gasteiger partial charge is 0.330 e. The zero-order chi connectivity index (χ0) is 13.4. The van der Waals surface area contributed by atoms with E-state index >= 15 is 0 Å². The van der Waals surface area contributed by atoms with Gasteiger partial charge >= 0.3 is 0 Å². The summed E-state index contributed by atoms with van der Waals surface area (Å²) in [7, 11) is -1.52. The molecule has 0 aliphatic rings. The SMILES string of the molecule is CN(CCc1ccncc1)S(=O)(=O)CCCCN. The molecule has 0 saturated carbocycles. The lowest BCUT2D eigenvalue weighted by Gasteiger charge is -2.16. The van der Waals surface area contributed by atoms with Gasteiger partial charge in [0.1, 0.15) is 0 Å². The highest BCUT2D eigenvalue weighted by atomic mass is 32.2. The average Bonchev–Trinajstić information content (AvgIpc) is 2.37. The van der Waals surface area contributed by atoms with Crippen molar-refractivity contribution in [2.45, 2.75) is 19.3 Å². The molecule has 0 spiro atoms. The zero-order valence-electron chi connectivity index (χ0n) is 10.7. The van der Waals surface area contributed by atoms with E-state index in [-0.39, 0.29) is 5.75 Å². The molecule has 1 aromatic rings.